The van der Waals surface area contributed by atoms with Crippen molar-refractivity contribution in [3.8, 4) is 0 Å². The van der Waals surface area contributed by atoms with Gasteiger partial charge in [-0.25, -0.2) is 0 Å². The molecule has 2 aromatic carbocycles. The topological polar surface area (TPSA) is 6.48 Å². The van der Waals surface area contributed by atoms with E-state index < -0.39 is 0 Å². The van der Waals surface area contributed by atoms with Gasteiger partial charge in [0.05, 0.1) is 11.9 Å². The molecule has 21 heavy (non-hydrogen) atoms. The van der Waals surface area contributed by atoms with Gasteiger partial charge in [-0.2, -0.15) is 11.6 Å². The Bertz CT molecular complexity index is 681. The van der Waals surface area contributed by atoms with Crippen LogP contribution in [0.2, 0.25) is 0 Å². The van der Waals surface area contributed by atoms with Gasteiger partial charge in [0.25, 0.3) is 0 Å². The van der Waals surface area contributed by atoms with E-state index in [1.165, 1.54) is 28.4 Å². The first kappa shape index (κ1) is 14.7. The Kier molecular flexibility index (Phi) is 3.85. The maximum absolute atomic E-state index is 2.38. The molecule has 2 aliphatic rings. The van der Waals surface area contributed by atoms with E-state index in [1.807, 2.05) is 0 Å². The first-order valence-corrected chi connectivity index (χ1v) is 6.98. The monoisotopic (exact) mass is 350 g/mol. The largest absolute Gasteiger partial charge is 0.386 e. The van der Waals surface area contributed by atoms with E-state index in [0.717, 1.165) is 0 Å². The molecule has 1 atom stereocenters. The molecule has 0 aromatic heterocycles. The minimum atomic E-state index is 0. The van der Waals surface area contributed by atoms with Gasteiger partial charge < -0.3 is 9.80 Å². The Labute approximate surface area is 151 Å². The molecule has 4 rings (SSSR count). The summed E-state index contributed by atoms with van der Waals surface area (Å²) >= 11 is 0. The van der Waals surface area contributed by atoms with Gasteiger partial charge in [-0.05, 0) is 5.56 Å². The van der Waals surface area contributed by atoms with Crippen LogP contribution in [0.5, 0.6) is 0 Å². The summed E-state index contributed by atoms with van der Waals surface area (Å²) in [5.74, 6) is 1.42. The van der Waals surface area contributed by atoms with Crippen molar-refractivity contribution < 1.29 is 32.7 Å². The van der Waals surface area contributed by atoms with Crippen molar-refractivity contribution in [1.29, 1.82) is 0 Å². The second-order valence-electron chi connectivity index (χ2n) is 5.47. The second kappa shape index (κ2) is 5.51. The summed E-state index contributed by atoms with van der Waals surface area (Å²) < 4.78 is 0. The van der Waals surface area contributed by atoms with Gasteiger partial charge in [-0.1, -0.05) is 55.1 Å². The fourth-order valence-corrected chi connectivity index (χ4v) is 3.37. The van der Waals surface area contributed by atoms with Crippen LogP contribution in [-0.2, 0) is 32.7 Å². The molecule has 0 saturated heterocycles. The van der Waals surface area contributed by atoms with Gasteiger partial charge in [0.15, 0.2) is 0 Å². The third-order valence-electron chi connectivity index (χ3n) is 4.34. The molecule has 0 bridgehead atoms. The zero-order valence-corrected chi connectivity index (χ0v) is 15.2. The first-order chi connectivity index (χ1) is 9.77. The molecule has 1 radical (unpaired) electrons. The Morgan fingerprint density at radius 1 is 0.952 bits per heavy atom. The molecule has 0 saturated carbocycles. The number of benzene rings is 2. The smallest absolute Gasteiger partial charge is 0.0715 e. The standard InChI is InChI=1S/C18H17N2.Y/c1-13-15-10-6-7-11-16(15)20-12-17(19(2)18(13)20)14-8-4-3-5-9-14;/h3-12,18H,1-2H3;/q-1;. The Morgan fingerprint density at radius 3 is 2.38 bits per heavy atom. The van der Waals surface area contributed by atoms with E-state index in [-0.39, 0.29) is 32.7 Å². The number of likely N-dealkylation sites (N-methyl/N-ethyl adjacent to an activating group) is 1. The molecule has 2 aliphatic heterocycles. The zero-order chi connectivity index (χ0) is 13.7. The van der Waals surface area contributed by atoms with Crippen LogP contribution >= 0.6 is 0 Å². The molecule has 2 aromatic rings. The van der Waals surface area contributed by atoms with E-state index in [0.29, 0.717) is 6.17 Å². The molecule has 0 N–H and O–H groups in total. The van der Waals surface area contributed by atoms with Crippen LogP contribution in [0.1, 0.15) is 18.1 Å². The van der Waals surface area contributed by atoms with Crippen LogP contribution in [-0.4, -0.2) is 18.1 Å². The summed E-state index contributed by atoms with van der Waals surface area (Å²) in [6.45, 7) is 2.24. The van der Waals surface area contributed by atoms with Gasteiger partial charge in [0.1, 0.15) is 0 Å². The maximum Gasteiger partial charge on any atom is 0.0715 e. The molecule has 3 heteroatoms. The predicted octanol–water partition coefficient (Wildman–Crippen LogP) is 3.72. The van der Waals surface area contributed by atoms with Crippen molar-refractivity contribution in [2.24, 2.45) is 0 Å². The number of hydrogen-bond acceptors (Lipinski definition) is 2. The Morgan fingerprint density at radius 2 is 1.62 bits per heavy atom. The van der Waals surface area contributed by atoms with E-state index >= 15 is 0 Å². The van der Waals surface area contributed by atoms with Gasteiger partial charge in [0, 0.05) is 46.0 Å². The minimum Gasteiger partial charge on any atom is -0.386 e. The fraction of sp³-hybridized carbons (Fsp3) is 0.167. The number of rotatable bonds is 1. The maximum atomic E-state index is 2.38. The number of nitrogens with zero attached hydrogens (tertiary/aromatic N) is 2. The van der Waals surface area contributed by atoms with E-state index in [2.05, 4.69) is 84.6 Å². The Hall–Kier alpha value is -1.25. The first-order valence-electron chi connectivity index (χ1n) is 6.98. The third kappa shape index (κ3) is 2.13. The molecule has 2 nitrogen and oxygen atoms in total. The van der Waals surface area contributed by atoms with Crippen LogP contribution in [0.25, 0.3) is 5.70 Å². The summed E-state index contributed by atoms with van der Waals surface area (Å²) in [6.07, 6.45) is 2.60. The van der Waals surface area contributed by atoms with E-state index in [9.17, 15) is 0 Å². The zero-order valence-electron chi connectivity index (χ0n) is 12.3. The summed E-state index contributed by atoms with van der Waals surface area (Å²) in [5, 5.41) is 0. The van der Waals surface area contributed by atoms with Gasteiger partial charge in [-0.3, -0.25) is 0 Å². The van der Waals surface area contributed by atoms with Crippen LogP contribution in [0.3, 0.4) is 0 Å². The van der Waals surface area contributed by atoms with E-state index in [1.54, 1.807) is 0 Å². The average Bonchev–Trinajstić information content (AvgIpc) is 2.98. The number of anilines is 1. The third-order valence-corrected chi connectivity index (χ3v) is 4.34. The molecule has 0 amide bonds. The Balaban J connectivity index is 0.00000132. The van der Waals surface area contributed by atoms with Crippen LogP contribution in [0.15, 0.2) is 60.8 Å². The molecule has 0 spiro atoms. The average molecular weight is 350 g/mol. The van der Waals surface area contributed by atoms with Gasteiger partial charge in [-0.15, -0.1) is 12.0 Å². The normalized spacial score (nSPS) is 19.0. The quantitative estimate of drug-likeness (QED) is 0.724. The molecule has 0 fully saturated rings. The van der Waals surface area contributed by atoms with Gasteiger partial charge >= 0.3 is 0 Å². The van der Waals surface area contributed by atoms with Crippen LogP contribution in [0, 0.1) is 5.92 Å². The van der Waals surface area contributed by atoms with Crippen molar-refractivity contribution in [2.75, 3.05) is 11.9 Å². The minimum absolute atomic E-state index is 0. The van der Waals surface area contributed by atoms with Crippen LogP contribution in [0.4, 0.5) is 5.69 Å². The van der Waals surface area contributed by atoms with Crippen LogP contribution < -0.4 is 4.90 Å². The molecule has 2 heterocycles. The van der Waals surface area contributed by atoms with Crippen molar-refractivity contribution >= 4 is 11.4 Å². The molecule has 103 valence electrons. The van der Waals surface area contributed by atoms with Crippen molar-refractivity contribution in [3.63, 3.8) is 0 Å². The van der Waals surface area contributed by atoms with E-state index in [4.69, 9.17) is 0 Å². The fourth-order valence-electron chi connectivity index (χ4n) is 3.37. The second-order valence-corrected chi connectivity index (χ2v) is 5.47. The summed E-state index contributed by atoms with van der Waals surface area (Å²) in [6, 6.07) is 19.2. The molecule has 0 aliphatic carbocycles. The summed E-state index contributed by atoms with van der Waals surface area (Å²) in [5.41, 5.74) is 5.24. The van der Waals surface area contributed by atoms with Crippen molar-refractivity contribution in [3.05, 3.63) is 77.8 Å². The molecule has 1 unspecified atom stereocenters. The number of fused-ring (bicyclic) bond motifs is 3. The summed E-state index contributed by atoms with van der Waals surface area (Å²) in [7, 11) is 2.18. The molecular weight excluding hydrogens is 333 g/mol. The number of hydrogen-bond donors (Lipinski definition) is 0. The molecular formula is C18H17N2Y-. The predicted molar refractivity (Wildman–Crippen MR) is 82.9 cm³/mol. The van der Waals surface area contributed by atoms with Gasteiger partial charge in [0.2, 0.25) is 0 Å². The SMILES string of the molecule is C[C-]1c2ccccc2N2C=C(c3ccccc3)N(C)C12.[Y]. The summed E-state index contributed by atoms with van der Waals surface area (Å²) in [4.78, 5) is 4.75. The number of para-hydroxylation sites is 1. The van der Waals surface area contributed by atoms with Crippen molar-refractivity contribution in [2.45, 2.75) is 13.1 Å². The van der Waals surface area contributed by atoms with Crippen molar-refractivity contribution in [1.82, 2.24) is 4.90 Å².